The minimum absolute atomic E-state index is 0.0450. The van der Waals surface area contributed by atoms with Crippen LogP contribution in [0.25, 0.3) is 0 Å². The summed E-state index contributed by atoms with van der Waals surface area (Å²) < 4.78 is 5.18. The zero-order chi connectivity index (χ0) is 15.4. The lowest BCUT2D eigenvalue weighted by atomic mass is 10.3. The molecule has 2 N–H and O–H groups in total. The number of thiophene rings is 1. The van der Waals surface area contributed by atoms with Gasteiger partial charge in [-0.05, 0) is 29.6 Å². The molecule has 0 fully saturated rings. The number of nitrogens with one attached hydrogen (secondary N) is 1. The molecule has 5 nitrogen and oxygen atoms in total. The highest BCUT2D eigenvalue weighted by Crippen LogP contribution is 2.26. The van der Waals surface area contributed by atoms with Crippen LogP contribution in [0.1, 0.15) is 9.67 Å². The molecule has 0 radical (unpaired) electrons. The number of hydrogen-bond acceptors (Lipinski definition) is 4. The molecule has 0 aliphatic carbocycles. The molecule has 0 saturated carbocycles. The number of carbonyl (C=O) groups excluding carboxylic acids is 1. The van der Waals surface area contributed by atoms with Crippen molar-refractivity contribution >= 4 is 52.1 Å². The SMILES string of the molecule is O=C(COc1ccsc1C(=O)O)Nc1cc(Cl)ccc1Cl. The van der Waals surface area contributed by atoms with Crippen LogP contribution < -0.4 is 10.1 Å². The molecule has 1 aromatic heterocycles. The predicted molar refractivity (Wildman–Crippen MR) is 81.9 cm³/mol. The topological polar surface area (TPSA) is 75.6 Å². The Morgan fingerprint density at radius 3 is 2.76 bits per heavy atom. The first-order chi connectivity index (χ1) is 9.97. The minimum Gasteiger partial charge on any atom is -0.482 e. The Labute approximate surface area is 134 Å². The predicted octanol–water partition coefficient (Wildman–Crippen LogP) is 3.77. The van der Waals surface area contributed by atoms with Gasteiger partial charge in [-0.3, -0.25) is 4.79 Å². The molecule has 0 aliphatic rings. The molecule has 0 bridgehead atoms. The van der Waals surface area contributed by atoms with E-state index < -0.39 is 11.9 Å². The van der Waals surface area contributed by atoms with E-state index in [9.17, 15) is 9.59 Å². The molecule has 2 aromatic rings. The summed E-state index contributed by atoms with van der Waals surface area (Å²) >= 11 is 12.7. The molecule has 0 aliphatic heterocycles. The highest BCUT2D eigenvalue weighted by Gasteiger charge is 2.14. The lowest BCUT2D eigenvalue weighted by Crippen LogP contribution is -2.20. The molecule has 0 atom stereocenters. The number of rotatable bonds is 5. The van der Waals surface area contributed by atoms with E-state index in [2.05, 4.69) is 5.32 Å². The monoisotopic (exact) mass is 345 g/mol. The number of carboxylic acid groups (broad SMARTS) is 1. The van der Waals surface area contributed by atoms with Gasteiger partial charge in [0.1, 0.15) is 5.75 Å². The molecule has 1 heterocycles. The van der Waals surface area contributed by atoms with E-state index in [0.717, 1.165) is 11.3 Å². The maximum absolute atomic E-state index is 11.8. The number of ether oxygens (including phenoxy) is 1. The first-order valence-corrected chi connectivity index (χ1v) is 7.29. The fourth-order valence-corrected chi connectivity index (χ4v) is 2.50. The molecule has 2 rings (SSSR count). The second kappa shape index (κ2) is 6.80. The van der Waals surface area contributed by atoms with Gasteiger partial charge in [-0.2, -0.15) is 0 Å². The van der Waals surface area contributed by atoms with E-state index >= 15 is 0 Å². The quantitative estimate of drug-likeness (QED) is 0.864. The van der Waals surface area contributed by atoms with E-state index in [1.54, 1.807) is 17.5 Å². The van der Waals surface area contributed by atoms with Crippen LogP contribution in [0.2, 0.25) is 10.0 Å². The summed E-state index contributed by atoms with van der Waals surface area (Å²) in [7, 11) is 0. The summed E-state index contributed by atoms with van der Waals surface area (Å²) in [5.74, 6) is -1.42. The largest absolute Gasteiger partial charge is 0.482 e. The number of aromatic carboxylic acids is 1. The second-order valence-corrected chi connectivity index (χ2v) is 5.64. The summed E-state index contributed by atoms with van der Waals surface area (Å²) in [5, 5.41) is 13.8. The third kappa shape index (κ3) is 4.10. The Hall–Kier alpha value is -1.76. The first kappa shape index (κ1) is 15.6. The van der Waals surface area contributed by atoms with E-state index in [1.165, 1.54) is 12.1 Å². The Balaban J connectivity index is 1.98. The summed E-state index contributed by atoms with van der Waals surface area (Å²) in [6, 6.07) is 6.16. The number of hydrogen-bond donors (Lipinski definition) is 2. The standard InChI is InChI=1S/C13H9Cl2NO4S/c14-7-1-2-8(15)9(5-7)16-11(17)6-20-10-3-4-21-12(10)13(18)19/h1-5H,6H2,(H,16,17)(H,18,19). The van der Waals surface area contributed by atoms with Gasteiger partial charge in [0.2, 0.25) is 0 Å². The van der Waals surface area contributed by atoms with E-state index in [4.69, 9.17) is 33.0 Å². The van der Waals surface area contributed by atoms with E-state index in [0.29, 0.717) is 15.7 Å². The highest BCUT2D eigenvalue weighted by atomic mass is 35.5. The molecule has 1 aromatic carbocycles. The fourth-order valence-electron chi connectivity index (χ4n) is 1.49. The molecule has 21 heavy (non-hydrogen) atoms. The Morgan fingerprint density at radius 1 is 1.29 bits per heavy atom. The van der Waals surface area contributed by atoms with E-state index in [-0.39, 0.29) is 17.2 Å². The minimum atomic E-state index is -1.10. The highest BCUT2D eigenvalue weighted by molar-refractivity contribution is 7.12. The first-order valence-electron chi connectivity index (χ1n) is 5.66. The number of halogens is 2. The Bertz CT molecular complexity index is 687. The van der Waals surface area contributed by atoms with Gasteiger partial charge in [-0.25, -0.2) is 4.79 Å². The van der Waals surface area contributed by atoms with Gasteiger partial charge < -0.3 is 15.2 Å². The summed E-state index contributed by atoms with van der Waals surface area (Å²) in [4.78, 5) is 22.7. The number of carbonyl (C=O) groups is 2. The summed E-state index contributed by atoms with van der Waals surface area (Å²) in [6.07, 6.45) is 0. The number of anilines is 1. The van der Waals surface area contributed by atoms with Gasteiger partial charge >= 0.3 is 5.97 Å². The second-order valence-electron chi connectivity index (χ2n) is 3.88. The van der Waals surface area contributed by atoms with Crippen molar-refractivity contribution in [3.63, 3.8) is 0 Å². The van der Waals surface area contributed by atoms with Gasteiger partial charge in [0, 0.05) is 5.02 Å². The molecule has 1 amide bonds. The molecule has 0 spiro atoms. The van der Waals surface area contributed by atoms with Crippen molar-refractivity contribution in [2.75, 3.05) is 11.9 Å². The van der Waals surface area contributed by atoms with Crippen molar-refractivity contribution in [2.45, 2.75) is 0 Å². The van der Waals surface area contributed by atoms with Crippen LogP contribution in [0, 0.1) is 0 Å². The average Bonchev–Trinajstić information content (AvgIpc) is 2.89. The fraction of sp³-hybridized carbons (Fsp3) is 0.0769. The van der Waals surface area contributed by atoms with Gasteiger partial charge in [-0.15, -0.1) is 11.3 Å². The van der Waals surface area contributed by atoms with Crippen LogP contribution >= 0.6 is 34.5 Å². The average molecular weight is 346 g/mol. The van der Waals surface area contributed by atoms with Crippen molar-refractivity contribution in [1.29, 1.82) is 0 Å². The van der Waals surface area contributed by atoms with Gasteiger partial charge in [0.05, 0.1) is 10.7 Å². The molecule has 110 valence electrons. The summed E-state index contributed by atoms with van der Waals surface area (Å²) in [6.45, 7) is -0.333. The van der Waals surface area contributed by atoms with Crippen molar-refractivity contribution in [3.05, 3.63) is 44.6 Å². The van der Waals surface area contributed by atoms with Gasteiger partial charge in [-0.1, -0.05) is 23.2 Å². The maximum Gasteiger partial charge on any atom is 0.349 e. The van der Waals surface area contributed by atoms with Crippen molar-refractivity contribution < 1.29 is 19.4 Å². The van der Waals surface area contributed by atoms with E-state index in [1.807, 2.05) is 0 Å². The van der Waals surface area contributed by atoms with Crippen LogP contribution in [0.3, 0.4) is 0 Å². The zero-order valence-corrected chi connectivity index (χ0v) is 12.8. The normalized spacial score (nSPS) is 10.2. The van der Waals surface area contributed by atoms with Crippen LogP contribution in [0.15, 0.2) is 29.6 Å². The molecular weight excluding hydrogens is 337 g/mol. The van der Waals surface area contributed by atoms with Crippen molar-refractivity contribution in [2.24, 2.45) is 0 Å². The third-order valence-corrected chi connectivity index (χ3v) is 3.83. The Morgan fingerprint density at radius 2 is 2.05 bits per heavy atom. The zero-order valence-electron chi connectivity index (χ0n) is 10.4. The van der Waals surface area contributed by atoms with Crippen LogP contribution in [0.5, 0.6) is 5.75 Å². The molecular formula is C13H9Cl2NO4S. The molecule has 0 unspecified atom stereocenters. The van der Waals surface area contributed by atoms with Crippen molar-refractivity contribution in [3.8, 4) is 5.75 Å². The summed E-state index contributed by atoms with van der Waals surface area (Å²) in [5.41, 5.74) is 0.363. The van der Waals surface area contributed by atoms with Crippen LogP contribution in [0.4, 0.5) is 5.69 Å². The molecule has 8 heteroatoms. The van der Waals surface area contributed by atoms with Crippen LogP contribution in [-0.2, 0) is 4.79 Å². The van der Waals surface area contributed by atoms with Gasteiger partial charge in [0.15, 0.2) is 11.5 Å². The lowest BCUT2D eigenvalue weighted by Gasteiger charge is -2.08. The maximum atomic E-state index is 11.8. The third-order valence-electron chi connectivity index (χ3n) is 2.38. The number of benzene rings is 1. The van der Waals surface area contributed by atoms with Crippen LogP contribution in [-0.4, -0.2) is 23.6 Å². The number of amides is 1. The Kier molecular flexibility index (Phi) is 5.06. The lowest BCUT2D eigenvalue weighted by molar-refractivity contribution is -0.118. The molecule has 0 saturated heterocycles. The van der Waals surface area contributed by atoms with Crippen molar-refractivity contribution in [1.82, 2.24) is 0 Å². The van der Waals surface area contributed by atoms with Gasteiger partial charge in [0.25, 0.3) is 5.91 Å². The smallest absolute Gasteiger partial charge is 0.349 e. The number of carboxylic acids is 1.